The zero-order valence-electron chi connectivity index (χ0n) is 19.8. The molecule has 35 heavy (non-hydrogen) atoms. The highest BCUT2D eigenvalue weighted by atomic mass is 19.1. The number of rotatable bonds is 7. The third-order valence-electron chi connectivity index (χ3n) is 6.23. The van der Waals surface area contributed by atoms with Gasteiger partial charge in [0.1, 0.15) is 5.82 Å². The predicted molar refractivity (Wildman–Crippen MR) is 139 cm³/mol. The highest BCUT2D eigenvalue weighted by molar-refractivity contribution is 6.05. The van der Waals surface area contributed by atoms with E-state index in [1.807, 2.05) is 42.5 Å². The van der Waals surface area contributed by atoms with Crippen LogP contribution in [0.4, 0.5) is 15.8 Å². The van der Waals surface area contributed by atoms with Crippen molar-refractivity contribution in [3.8, 4) is 0 Å². The molecule has 0 aliphatic carbocycles. The molecule has 2 amide bonds. The Hall–Kier alpha value is -3.93. The minimum atomic E-state index is -0.313. The second-order valence-corrected chi connectivity index (χ2v) is 8.94. The monoisotopic (exact) mass is 471 g/mol. The molecule has 4 rings (SSSR count). The Morgan fingerprint density at radius 3 is 2.43 bits per heavy atom. The second-order valence-electron chi connectivity index (χ2n) is 8.94. The first-order valence-electron chi connectivity index (χ1n) is 11.9. The molecule has 1 aliphatic heterocycles. The summed E-state index contributed by atoms with van der Waals surface area (Å²) in [6.45, 7) is 4.29. The molecule has 3 aromatic carbocycles. The topological polar surface area (TPSA) is 61.4 Å². The number of carbonyl (C=O) groups excluding carboxylic acids is 2. The molecule has 2 N–H and O–H groups in total. The normalized spacial score (nSPS) is 14.2. The minimum absolute atomic E-state index is 0.237. The summed E-state index contributed by atoms with van der Waals surface area (Å²) in [6, 6.07) is 21.1. The Bertz CT molecular complexity index is 1180. The third-order valence-corrected chi connectivity index (χ3v) is 6.23. The average molecular weight is 472 g/mol. The third kappa shape index (κ3) is 6.79. The van der Waals surface area contributed by atoms with Crippen molar-refractivity contribution in [2.24, 2.45) is 5.92 Å². The van der Waals surface area contributed by atoms with Gasteiger partial charge in [-0.3, -0.25) is 9.59 Å². The van der Waals surface area contributed by atoms with E-state index in [1.165, 1.54) is 18.2 Å². The average Bonchev–Trinajstić information content (AvgIpc) is 2.88. The lowest BCUT2D eigenvalue weighted by Crippen LogP contribution is -2.35. The molecule has 6 heteroatoms. The van der Waals surface area contributed by atoms with Crippen molar-refractivity contribution >= 4 is 29.3 Å². The van der Waals surface area contributed by atoms with Gasteiger partial charge < -0.3 is 15.5 Å². The molecule has 1 heterocycles. The van der Waals surface area contributed by atoms with Gasteiger partial charge in [-0.25, -0.2) is 4.39 Å². The first-order chi connectivity index (χ1) is 17.0. The van der Waals surface area contributed by atoms with Crippen molar-refractivity contribution in [3.05, 3.63) is 101 Å². The first-order valence-corrected chi connectivity index (χ1v) is 11.9. The summed E-state index contributed by atoms with van der Waals surface area (Å²) in [5.41, 5.74) is 3.65. The summed E-state index contributed by atoms with van der Waals surface area (Å²) < 4.78 is 13.2. The van der Waals surface area contributed by atoms with Crippen LogP contribution < -0.4 is 15.5 Å². The number of carbonyl (C=O) groups is 2. The van der Waals surface area contributed by atoms with Gasteiger partial charge in [0.05, 0.1) is 5.56 Å². The summed E-state index contributed by atoms with van der Waals surface area (Å²) in [5.74, 6) is -0.159. The summed E-state index contributed by atoms with van der Waals surface area (Å²) >= 11 is 0. The van der Waals surface area contributed by atoms with Crippen molar-refractivity contribution < 1.29 is 14.0 Å². The van der Waals surface area contributed by atoms with Gasteiger partial charge in [-0.05, 0) is 66.3 Å². The lowest BCUT2D eigenvalue weighted by molar-refractivity contribution is -0.111. The number of nitrogens with zero attached hydrogens (tertiary/aromatic N) is 1. The number of nitrogens with one attached hydrogen (secondary N) is 2. The lowest BCUT2D eigenvalue weighted by atomic mass is 9.97. The Kier molecular flexibility index (Phi) is 7.93. The van der Waals surface area contributed by atoms with Crippen LogP contribution in [0.25, 0.3) is 6.08 Å². The largest absolute Gasteiger partial charge is 0.371 e. The zero-order chi connectivity index (χ0) is 24.6. The molecule has 1 aliphatic rings. The molecule has 0 radical (unpaired) electrons. The van der Waals surface area contributed by atoms with Gasteiger partial charge in [0.15, 0.2) is 0 Å². The molecule has 180 valence electrons. The van der Waals surface area contributed by atoms with Crippen molar-refractivity contribution in [1.29, 1.82) is 0 Å². The van der Waals surface area contributed by atoms with Gasteiger partial charge in [-0.15, -0.1) is 0 Å². The fourth-order valence-corrected chi connectivity index (χ4v) is 4.12. The molecule has 0 saturated carbocycles. The van der Waals surface area contributed by atoms with Crippen molar-refractivity contribution in [1.82, 2.24) is 5.32 Å². The molecule has 0 atom stereocenters. The van der Waals surface area contributed by atoms with Crippen molar-refractivity contribution in [2.75, 3.05) is 23.3 Å². The number of hydrogen-bond donors (Lipinski definition) is 2. The maximum Gasteiger partial charge on any atom is 0.253 e. The molecular formula is C29H30FN3O2. The smallest absolute Gasteiger partial charge is 0.253 e. The number of benzene rings is 3. The van der Waals surface area contributed by atoms with Crippen LogP contribution in [0.1, 0.15) is 41.3 Å². The van der Waals surface area contributed by atoms with Crippen molar-refractivity contribution in [2.45, 2.75) is 26.3 Å². The summed E-state index contributed by atoms with van der Waals surface area (Å²) in [7, 11) is 0. The van der Waals surface area contributed by atoms with E-state index in [1.54, 1.807) is 24.3 Å². The van der Waals surface area contributed by atoms with E-state index in [0.717, 1.165) is 42.7 Å². The first kappa shape index (κ1) is 24.2. The fraction of sp³-hybridized carbons (Fsp3) is 0.241. The summed E-state index contributed by atoms with van der Waals surface area (Å²) in [4.78, 5) is 27.9. The SMILES string of the molecule is CC1CCN(c2ccc(NC(=O)C=Cc3ccccc3)cc2C(=O)NCc2ccc(F)cc2)CC1. The van der Waals surface area contributed by atoms with Crippen LogP contribution in [-0.4, -0.2) is 24.9 Å². The van der Waals surface area contributed by atoms with E-state index in [2.05, 4.69) is 22.5 Å². The van der Waals surface area contributed by atoms with E-state index >= 15 is 0 Å². The number of amides is 2. The van der Waals surface area contributed by atoms with E-state index in [4.69, 9.17) is 0 Å². The highest BCUT2D eigenvalue weighted by Gasteiger charge is 2.22. The Morgan fingerprint density at radius 2 is 1.71 bits per heavy atom. The van der Waals surface area contributed by atoms with Crippen LogP contribution >= 0.6 is 0 Å². The van der Waals surface area contributed by atoms with E-state index in [0.29, 0.717) is 17.2 Å². The van der Waals surface area contributed by atoms with Gasteiger partial charge in [0.25, 0.3) is 5.91 Å². The Balaban J connectivity index is 1.51. The summed E-state index contributed by atoms with van der Waals surface area (Å²) in [5, 5.41) is 5.79. The Morgan fingerprint density at radius 1 is 1.00 bits per heavy atom. The molecule has 0 bridgehead atoms. The van der Waals surface area contributed by atoms with E-state index in [9.17, 15) is 14.0 Å². The molecule has 5 nitrogen and oxygen atoms in total. The molecular weight excluding hydrogens is 441 g/mol. The molecule has 1 fully saturated rings. The second kappa shape index (κ2) is 11.5. The number of piperidine rings is 1. The molecule has 1 saturated heterocycles. The van der Waals surface area contributed by atoms with Crippen LogP contribution in [0.2, 0.25) is 0 Å². The van der Waals surface area contributed by atoms with E-state index in [-0.39, 0.29) is 24.2 Å². The molecule has 0 aromatic heterocycles. The maximum atomic E-state index is 13.2. The predicted octanol–water partition coefficient (Wildman–Crippen LogP) is 5.64. The Labute approximate surface area is 205 Å². The summed E-state index contributed by atoms with van der Waals surface area (Å²) in [6.07, 6.45) is 5.36. The minimum Gasteiger partial charge on any atom is -0.371 e. The zero-order valence-corrected chi connectivity index (χ0v) is 19.8. The fourth-order valence-electron chi connectivity index (χ4n) is 4.12. The van der Waals surface area contributed by atoms with Gasteiger partial charge in [-0.2, -0.15) is 0 Å². The number of halogens is 1. The molecule has 0 spiro atoms. The standard InChI is InChI=1S/C29H30FN3O2/c1-21-15-17-33(18-16-21)27-13-12-25(32-28(34)14-9-22-5-3-2-4-6-22)19-26(27)29(35)31-20-23-7-10-24(30)11-8-23/h2-14,19,21H,15-18,20H2,1H3,(H,31,35)(H,32,34). The quantitative estimate of drug-likeness (QED) is 0.438. The van der Waals surface area contributed by atoms with Crippen LogP contribution in [0.15, 0.2) is 78.9 Å². The maximum absolute atomic E-state index is 13.2. The van der Waals surface area contributed by atoms with Crippen LogP contribution in [0.3, 0.4) is 0 Å². The van der Waals surface area contributed by atoms with Gasteiger partial charge in [0, 0.05) is 37.1 Å². The van der Waals surface area contributed by atoms with Crippen LogP contribution in [0, 0.1) is 11.7 Å². The van der Waals surface area contributed by atoms with Crippen molar-refractivity contribution in [3.63, 3.8) is 0 Å². The van der Waals surface area contributed by atoms with Gasteiger partial charge in [0.2, 0.25) is 5.91 Å². The lowest BCUT2D eigenvalue weighted by Gasteiger charge is -2.33. The number of anilines is 2. The number of hydrogen-bond acceptors (Lipinski definition) is 3. The van der Waals surface area contributed by atoms with E-state index < -0.39 is 0 Å². The molecule has 3 aromatic rings. The van der Waals surface area contributed by atoms with Crippen LogP contribution in [0.5, 0.6) is 0 Å². The van der Waals surface area contributed by atoms with Gasteiger partial charge in [-0.1, -0.05) is 49.4 Å². The van der Waals surface area contributed by atoms with Crippen LogP contribution in [-0.2, 0) is 11.3 Å². The molecule has 0 unspecified atom stereocenters. The van der Waals surface area contributed by atoms with Gasteiger partial charge >= 0.3 is 0 Å². The highest BCUT2D eigenvalue weighted by Crippen LogP contribution is 2.29.